The van der Waals surface area contributed by atoms with Crippen molar-refractivity contribution in [2.75, 3.05) is 11.9 Å². The average molecular weight is 260 g/mol. The van der Waals surface area contributed by atoms with Gasteiger partial charge in [0.25, 0.3) is 5.69 Å². The first-order valence-corrected chi connectivity index (χ1v) is 6.03. The summed E-state index contributed by atoms with van der Waals surface area (Å²) >= 11 is 0. The monoisotopic (exact) mass is 260 g/mol. The third-order valence-corrected chi connectivity index (χ3v) is 3.04. The first-order chi connectivity index (χ1) is 9.08. The van der Waals surface area contributed by atoms with E-state index in [1.807, 2.05) is 23.9 Å². The molecule has 0 fully saturated rings. The van der Waals surface area contributed by atoms with Gasteiger partial charge >= 0.3 is 0 Å². The zero-order valence-electron chi connectivity index (χ0n) is 11.0. The second-order valence-corrected chi connectivity index (χ2v) is 4.38. The van der Waals surface area contributed by atoms with Crippen LogP contribution < -0.4 is 5.32 Å². The van der Waals surface area contributed by atoms with E-state index in [1.165, 1.54) is 0 Å². The van der Waals surface area contributed by atoms with Crippen LogP contribution in [0, 0.1) is 17.0 Å². The van der Waals surface area contributed by atoms with Gasteiger partial charge in [-0.2, -0.15) is 5.10 Å². The highest BCUT2D eigenvalue weighted by molar-refractivity contribution is 5.54. The molecule has 0 unspecified atom stereocenters. The molecule has 1 aromatic heterocycles. The number of benzene rings is 1. The number of aromatic nitrogens is 2. The summed E-state index contributed by atoms with van der Waals surface area (Å²) in [4.78, 5) is 10.5. The quantitative estimate of drug-likeness (QED) is 0.661. The topological polar surface area (TPSA) is 73.0 Å². The minimum absolute atomic E-state index is 0.144. The van der Waals surface area contributed by atoms with E-state index in [0.29, 0.717) is 12.1 Å². The molecule has 2 rings (SSSR count). The number of nitrogens with zero attached hydrogens (tertiary/aromatic N) is 3. The molecule has 2 aromatic rings. The Morgan fingerprint density at radius 3 is 2.84 bits per heavy atom. The lowest BCUT2D eigenvalue weighted by atomic mass is 10.2. The Morgan fingerprint density at radius 1 is 1.42 bits per heavy atom. The number of anilines is 1. The molecule has 1 N–H and O–H groups in total. The predicted octanol–water partition coefficient (Wildman–Crippen LogP) is 2.29. The van der Waals surface area contributed by atoms with Crippen LogP contribution in [0.3, 0.4) is 0 Å². The second kappa shape index (κ2) is 5.51. The molecule has 0 amide bonds. The molecule has 19 heavy (non-hydrogen) atoms. The molecule has 100 valence electrons. The van der Waals surface area contributed by atoms with Crippen molar-refractivity contribution in [1.29, 1.82) is 0 Å². The normalized spacial score (nSPS) is 10.4. The van der Waals surface area contributed by atoms with E-state index in [9.17, 15) is 10.1 Å². The molecule has 1 aromatic carbocycles. The Balaban J connectivity index is 1.98. The van der Waals surface area contributed by atoms with E-state index in [2.05, 4.69) is 10.4 Å². The summed E-state index contributed by atoms with van der Waals surface area (Å²) in [5, 5.41) is 18.1. The smallest absolute Gasteiger partial charge is 0.274 e. The lowest BCUT2D eigenvalue weighted by Crippen LogP contribution is -2.08. The fourth-order valence-corrected chi connectivity index (χ4v) is 1.90. The van der Waals surface area contributed by atoms with Gasteiger partial charge in [0.1, 0.15) is 0 Å². The van der Waals surface area contributed by atoms with E-state index in [4.69, 9.17) is 0 Å². The Labute approximate surface area is 111 Å². The van der Waals surface area contributed by atoms with Crippen molar-refractivity contribution >= 4 is 11.4 Å². The number of hydrogen-bond donors (Lipinski definition) is 1. The third kappa shape index (κ3) is 3.09. The van der Waals surface area contributed by atoms with Crippen LogP contribution in [0.25, 0.3) is 0 Å². The molecular formula is C13H16N4O2. The predicted molar refractivity (Wildman–Crippen MR) is 73.2 cm³/mol. The fourth-order valence-electron chi connectivity index (χ4n) is 1.90. The van der Waals surface area contributed by atoms with Crippen molar-refractivity contribution in [2.24, 2.45) is 7.05 Å². The van der Waals surface area contributed by atoms with Gasteiger partial charge in [-0.1, -0.05) is 6.07 Å². The number of hydrogen-bond acceptors (Lipinski definition) is 4. The van der Waals surface area contributed by atoms with Crippen molar-refractivity contribution in [3.8, 4) is 0 Å². The lowest BCUT2D eigenvalue weighted by Gasteiger charge is -2.07. The van der Waals surface area contributed by atoms with Crippen LogP contribution in [-0.4, -0.2) is 21.2 Å². The van der Waals surface area contributed by atoms with Gasteiger partial charge in [0.05, 0.1) is 4.92 Å². The Morgan fingerprint density at radius 2 is 2.21 bits per heavy atom. The number of nitro groups is 1. The lowest BCUT2D eigenvalue weighted by molar-refractivity contribution is -0.385. The molecule has 0 aliphatic rings. The van der Waals surface area contributed by atoms with Crippen molar-refractivity contribution in [1.82, 2.24) is 9.78 Å². The minimum Gasteiger partial charge on any atom is -0.384 e. The molecule has 6 nitrogen and oxygen atoms in total. The molecule has 0 saturated heterocycles. The highest BCUT2D eigenvalue weighted by Crippen LogP contribution is 2.22. The number of rotatable bonds is 5. The first-order valence-electron chi connectivity index (χ1n) is 6.03. The molecule has 0 aliphatic heterocycles. The zero-order valence-corrected chi connectivity index (χ0v) is 11.0. The van der Waals surface area contributed by atoms with E-state index < -0.39 is 0 Å². The van der Waals surface area contributed by atoms with Gasteiger partial charge in [-0.05, 0) is 19.1 Å². The van der Waals surface area contributed by atoms with Crippen molar-refractivity contribution < 1.29 is 4.92 Å². The van der Waals surface area contributed by atoms with Crippen LogP contribution in [0.5, 0.6) is 0 Å². The summed E-state index contributed by atoms with van der Waals surface area (Å²) in [5.74, 6) is 0. The summed E-state index contributed by atoms with van der Waals surface area (Å²) in [6, 6.07) is 7.13. The highest BCUT2D eigenvalue weighted by Gasteiger charge is 2.10. The van der Waals surface area contributed by atoms with Crippen LogP contribution in [0.1, 0.15) is 11.3 Å². The second-order valence-electron chi connectivity index (χ2n) is 4.38. The molecular weight excluding hydrogens is 244 g/mol. The van der Waals surface area contributed by atoms with Gasteiger partial charge in [-0.15, -0.1) is 0 Å². The van der Waals surface area contributed by atoms with Crippen molar-refractivity contribution in [2.45, 2.75) is 13.3 Å². The maximum atomic E-state index is 10.8. The maximum Gasteiger partial charge on any atom is 0.274 e. The molecule has 0 saturated carbocycles. The fraction of sp³-hybridized carbons (Fsp3) is 0.308. The van der Waals surface area contributed by atoms with Gasteiger partial charge in [0, 0.05) is 49.2 Å². The Bertz CT molecular complexity index is 592. The number of nitro benzene ring substituents is 1. The molecule has 0 spiro atoms. The summed E-state index contributed by atoms with van der Waals surface area (Å²) in [6.45, 7) is 2.44. The van der Waals surface area contributed by atoms with Crippen molar-refractivity contribution in [3.63, 3.8) is 0 Å². The van der Waals surface area contributed by atoms with Crippen molar-refractivity contribution in [3.05, 3.63) is 51.8 Å². The minimum atomic E-state index is -0.359. The Kier molecular flexibility index (Phi) is 3.79. The van der Waals surface area contributed by atoms with Gasteiger partial charge < -0.3 is 5.32 Å². The molecule has 6 heteroatoms. The van der Waals surface area contributed by atoms with E-state index in [1.54, 1.807) is 25.3 Å². The first kappa shape index (κ1) is 13.1. The molecule has 1 heterocycles. The summed E-state index contributed by atoms with van der Waals surface area (Å²) in [5.41, 5.74) is 2.70. The maximum absolute atomic E-state index is 10.8. The van der Waals surface area contributed by atoms with E-state index in [0.717, 1.165) is 17.8 Å². The van der Waals surface area contributed by atoms with E-state index in [-0.39, 0.29) is 10.6 Å². The number of aryl methyl sites for hydroxylation is 2. The zero-order chi connectivity index (χ0) is 13.8. The largest absolute Gasteiger partial charge is 0.384 e. The van der Waals surface area contributed by atoms with Gasteiger partial charge in [0.15, 0.2) is 0 Å². The third-order valence-electron chi connectivity index (χ3n) is 3.04. The van der Waals surface area contributed by atoms with Gasteiger partial charge in [-0.3, -0.25) is 14.8 Å². The standard InChI is InChI=1S/C13H16N4O2/c1-10-3-4-11(9-13(10)17(18)19)14-7-5-12-6-8-15-16(12)2/h3-4,6,8-9,14H,5,7H2,1-2H3. The van der Waals surface area contributed by atoms with Crippen LogP contribution in [-0.2, 0) is 13.5 Å². The Hall–Kier alpha value is -2.37. The summed E-state index contributed by atoms with van der Waals surface area (Å²) in [6.07, 6.45) is 2.57. The van der Waals surface area contributed by atoms with Crippen LogP contribution in [0.4, 0.5) is 11.4 Å². The van der Waals surface area contributed by atoms with Crippen LogP contribution >= 0.6 is 0 Å². The van der Waals surface area contributed by atoms with Crippen LogP contribution in [0.15, 0.2) is 30.5 Å². The van der Waals surface area contributed by atoms with Gasteiger partial charge in [-0.25, -0.2) is 0 Å². The SMILES string of the molecule is Cc1ccc(NCCc2ccnn2C)cc1[N+](=O)[O-]. The molecule has 0 radical (unpaired) electrons. The van der Waals surface area contributed by atoms with Gasteiger partial charge in [0.2, 0.25) is 0 Å². The summed E-state index contributed by atoms with van der Waals surface area (Å²) < 4.78 is 1.82. The van der Waals surface area contributed by atoms with Crippen LogP contribution in [0.2, 0.25) is 0 Å². The summed E-state index contributed by atoms with van der Waals surface area (Å²) in [7, 11) is 1.89. The van der Waals surface area contributed by atoms with E-state index >= 15 is 0 Å². The highest BCUT2D eigenvalue weighted by atomic mass is 16.6. The number of nitrogens with one attached hydrogen (secondary N) is 1. The molecule has 0 aliphatic carbocycles. The molecule has 0 bridgehead atoms. The average Bonchev–Trinajstić information content (AvgIpc) is 2.77. The molecule has 0 atom stereocenters.